The molecule has 0 radical (unpaired) electrons. The van der Waals surface area contributed by atoms with Crippen molar-refractivity contribution in [2.45, 2.75) is 52.1 Å². The number of hydrogen-bond acceptors (Lipinski definition) is 3. The predicted molar refractivity (Wildman–Crippen MR) is 73.0 cm³/mol. The second-order valence-corrected chi connectivity index (χ2v) is 5.92. The summed E-state index contributed by atoms with van der Waals surface area (Å²) >= 11 is 0. The maximum Gasteiger partial charge on any atom is 0.255 e. The third kappa shape index (κ3) is 3.15. The van der Waals surface area contributed by atoms with Gasteiger partial charge in [0.15, 0.2) is 0 Å². The number of amides is 1. The van der Waals surface area contributed by atoms with E-state index in [0.717, 1.165) is 31.4 Å². The van der Waals surface area contributed by atoms with Crippen LogP contribution in [0.2, 0.25) is 0 Å². The smallest absolute Gasteiger partial charge is 0.255 e. The molecule has 1 saturated carbocycles. The van der Waals surface area contributed by atoms with Crippen LogP contribution in [0.15, 0.2) is 0 Å². The quantitative estimate of drug-likeness (QED) is 0.778. The SMILES string of the molecule is Cc1n[nH]c(C)c1C(=O)NCC1(O)CCCC(C)C1. The lowest BCUT2D eigenvalue weighted by atomic mass is 9.79. The first-order chi connectivity index (χ1) is 8.91. The van der Waals surface area contributed by atoms with Gasteiger partial charge in [-0.1, -0.05) is 19.8 Å². The maximum absolute atomic E-state index is 12.1. The van der Waals surface area contributed by atoms with Crippen molar-refractivity contribution in [3.8, 4) is 0 Å². The molecule has 0 bridgehead atoms. The highest BCUT2D eigenvalue weighted by Crippen LogP contribution is 2.31. The van der Waals surface area contributed by atoms with Crippen molar-refractivity contribution < 1.29 is 9.90 Å². The molecule has 1 aromatic rings. The van der Waals surface area contributed by atoms with E-state index in [2.05, 4.69) is 22.4 Å². The standard InChI is InChI=1S/C14H23N3O2/c1-9-5-4-6-14(19,7-9)8-15-13(18)12-10(2)16-17-11(12)3/h9,19H,4-8H2,1-3H3,(H,15,18)(H,16,17). The van der Waals surface area contributed by atoms with Crippen LogP contribution < -0.4 is 5.32 Å². The highest BCUT2D eigenvalue weighted by atomic mass is 16.3. The van der Waals surface area contributed by atoms with Crippen molar-refractivity contribution in [2.75, 3.05) is 6.54 Å². The first-order valence-corrected chi connectivity index (χ1v) is 6.93. The van der Waals surface area contributed by atoms with E-state index >= 15 is 0 Å². The highest BCUT2D eigenvalue weighted by molar-refractivity contribution is 5.96. The van der Waals surface area contributed by atoms with Gasteiger partial charge in [0, 0.05) is 12.2 Å². The van der Waals surface area contributed by atoms with Gasteiger partial charge in [-0.2, -0.15) is 5.10 Å². The van der Waals surface area contributed by atoms with Gasteiger partial charge in [-0.3, -0.25) is 9.89 Å². The number of nitrogens with one attached hydrogen (secondary N) is 2. The maximum atomic E-state index is 12.1. The Labute approximate surface area is 113 Å². The largest absolute Gasteiger partial charge is 0.388 e. The molecular formula is C14H23N3O2. The van der Waals surface area contributed by atoms with Crippen LogP contribution in [0.4, 0.5) is 0 Å². The molecule has 2 unspecified atom stereocenters. The summed E-state index contributed by atoms with van der Waals surface area (Å²) in [5.74, 6) is 0.364. The van der Waals surface area contributed by atoms with Gasteiger partial charge < -0.3 is 10.4 Å². The second-order valence-electron chi connectivity index (χ2n) is 5.92. The van der Waals surface area contributed by atoms with Gasteiger partial charge in [-0.15, -0.1) is 0 Å². The first-order valence-electron chi connectivity index (χ1n) is 6.93. The van der Waals surface area contributed by atoms with E-state index < -0.39 is 5.60 Å². The average Bonchev–Trinajstić information content (AvgIpc) is 2.66. The Bertz CT molecular complexity index is 450. The number of aliphatic hydroxyl groups is 1. The van der Waals surface area contributed by atoms with Gasteiger partial charge >= 0.3 is 0 Å². The van der Waals surface area contributed by atoms with Crippen molar-refractivity contribution in [2.24, 2.45) is 5.92 Å². The number of aromatic nitrogens is 2. The third-order valence-corrected chi connectivity index (χ3v) is 4.00. The molecule has 0 saturated heterocycles. The molecule has 0 aromatic carbocycles. The van der Waals surface area contributed by atoms with E-state index in [1.807, 2.05) is 6.92 Å². The Balaban J connectivity index is 1.97. The number of H-pyrrole nitrogens is 1. The number of carbonyl (C=O) groups excluding carboxylic acids is 1. The Morgan fingerprint density at radius 1 is 1.58 bits per heavy atom. The van der Waals surface area contributed by atoms with Gasteiger partial charge in [0.25, 0.3) is 5.91 Å². The number of nitrogens with zero attached hydrogens (tertiary/aromatic N) is 1. The number of aromatic amines is 1. The number of hydrogen-bond donors (Lipinski definition) is 3. The Morgan fingerprint density at radius 2 is 2.32 bits per heavy atom. The summed E-state index contributed by atoms with van der Waals surface area (Å²) in [6.07, 6.45) is 3.71. The minimum Gasteiger partial charge on any atom is -0.388 e. The van der Waals surface area contributed by atoms with Gasteiger partial charge in [-0.25, -0.2) is 0 Å². The predicted octanol–water partition coefficient (Wildman–Crippen LogP) is 1.70. The normalized spacial score (nSPS) is 27.3. The zero-order valence-corrected chi connectivity index (χ0v) is 11.9. The van der Waals surface area contributed by atoms with Crippen LogP contribution >= 0.6 is 0 Å². The topological polar surface area (TPSA) is 78.0 Å². The first kappa shape index (κ1) is 14.1. The Morgan fingerprint density at radius 3 is 2.89 bits per heavy atom. The van der Waals surface area contributed by atoms with E-state index in [9.17, 15) is 9.90 Å². The molecule has 1 aliphatic carbocycles. The summed E-state index contributed by atoms with van der Waals surface area (Å²) in [6, 6.07) is 0. The molecule has 5 nitrogen and oxygen atoms in total. The molecule has 1 amide bonds. The third-order valence-electron chi connectivity index (χ3n) is 4.00. The van der Waals surface area contributed by atoms with Crippen LogP contribution in [0, 0.1) is 19.8 Å². The average molecular weight is 265 g/mol. The molecule has 2 rings (SSSR count). The van der Waals surface area contributed by atoms with Crippen LogP contribution in [-0.2, 0) is 0 Å². The lowest BCUT2D eigenvalue weighted by molar-refractivity contribution is -0.0109. The minimum absolute atomic E-state index is 0.157. The number of rotatable bonds is 3. The Kier molecular flexibility index (Phi) is 3.94. The molecule has 1 aliphatic rings. The van der Waals surface area contributed by atoms with Gasteiger partial charge in [0.05, 0.1) is 16.9 Å². The van der Waals surface area contributed by atoms with Gasteiger partial charge in [0.1, 0.15) is 0 Å². The van der Waals surface area contributed by atoms with Crippen LogP contribution in [0.3, 0.4) is 0 Å². The lowest BCUT2D eigenvalue weighted by Crippen LogP contribution is -2.45. The zero-order chi connectivity index (χ0) is 14.0. The number of carbonyl (C=O) groups is 1. The molecule has 19 heavy (non-hydrogen) atoms. The molecule has 1 heterocycles. The molecular weight excluding hydrogens is 242 g/mol. The number of aryl methyl sites for hydroxylation is 2. The van der Waals surface area contributed by atoms with Gasteiger partial charge in [0.2, 0.25) is 0 Å². The van der Waals surface area contributed by atoms with Crippen molar-refractivity contribution in [1.82, 2.24) is 15.5 Å². The lowest BCUT2D eigenvalue weighted by Gasteiger charge is -2.35. The molecule has 0 aliphatic heterocycles. The molecule has 106 valence electrons. The zero-order valence-electron chi connectivity index (χ0n) is 11.9. The van der Waals surface area contributed by atoms with Crippen LogP contribution in [0.25, 0.3) is 0 Å². The van der Waals surface area contributed by atoms with E-state index in [1.54, 1.807) is 6.92 Å². The van der Waals surface area contributed by atoms with Crippen molar-refractivity contribution in [3.63, 3.8) is 0 Å². The summed E-state index contributed by atoms with van der Waals surface area (Å²) in [5.41, 5.74) is 1.30. The minimum atomic E-state index is -0.751. The van der Waals surface area contributed by atoms with E-state index in [1.165, 1.54) is 0 Å². The highest BCUT2D eigenvalue weighted by Gasteiger charge is 2.33. The van der Waals surface area contributed by atoms with E-state index in [-0.39, 0.29) is 5.91 Å². The fourth-order valence-electron chi connectivity index (χ4n) is 3.01. The monoisotopic (exact) mass is 265 g/mol. The molecule has 5 heteroatoms. The molecule has 3 N–H and O–H groups in total. The molecule has 0 spiro atoms. The van der Waals surface area contributed by atoms with E-state index in [4.69, 9.17) is 0 Å². The van der Waals surface area contributed by atoms with E-state index in [0.29, 0.717) is 23.7 Å². The van der Waals surface area contributed by atoms with Gasteiger partial charge in [-0.05, 0) is 32.6 Å². The molecule has 1 fully saturated rings. The summed E-state index contributed by atoms with van der Waals surface area (Å²) in [4.78, 5) is 12.1. The van der Waals surface area contributed by atoms with Crippen molar-refractivity contribution in [1.29, 1.82) is 0 Å². The summed E-state index contributed by atoms with van der Waals surface area (Å²) in [5, 5.41) is 20.1. The molecule has 2 atom stereocenters. The van der Waals surface area contributed by atoms with Crippen LogP contribution in [-0.4, -0.2) is 33.4 Å². The fraction of sp³-hybridized carbons (Fsp3) is 0.714. The van der Waals surface area contributed by atoms with Crippen LogP contribution in [0.5, 0.6) is 0 Å². The second kappa shape index (κ2) is 5.33. The van der Waals surface area contributed by atoms with Crippen molar-refractivity contribution >= 4 is 5.91 Å². The summed E-state index contributed by atoms with van der Waals surface area (Å²) in [6.45, 7) is 6.10. The molecule has 1 aromatic heterocycles. The fourth-order valence-corrected chi connectivity index (χ4v) is 3.01. The Hall–Kier alpha value is -1.36. The van der Waals surface area contributed by atoms with Crippen LogP contribution in [0.1, 0.15) is 54.4 Å². The summed E-state index contributed by atoms with van der Waals surface area (Å²) in [7, 11) is 0. The summed E-state index contributed by atoms with van der Waals surface area (Å²) < 4.78 is 0. The van der Waals surface area contributed by atoms with Crippen molar-refractivity contribution in [3.05, 3.63) is 17.0 Å².